The number of imidazole rings is 1. The van der Waals surface area contributed by atoms with Gasteiger partial charge in [0.25, 0.3) is 0 Å². The van der Waals surface area contributed by atoms with Crippen molar-refractivity contribution < 1.29 is 26.4 Å². The Labute approximate surface area is 220 Å². The summed E-state index contributed by atoms with van der Waals surface area (Å²) in [6.07, 6.45) is 12.2. The molecular formula is C28H29F2N3O4S. The summed E-state index contributed by atoms with van der Waals surface area (Å²) < 4.78 is 63.4. The van der Waals surface area contributed by atoms with Crippen LogP contribution in [0.4, 0.5) is 8.78 Å². The van der Waals surface area contributed by atoms with Gasteiger partial charge in [-0.1, -0.05) is 18.2 Å². The summed E-state index contributed by atoms with van der Waals surface area (Å²) >= 11 is 0. The van der Waals surface area contributed by atoms with E-state index in [1.54, 1.807) is 6.20 Å². The highest BCUT2D eigenvalue weighted by Crippen LogP contribution is 2.18. The maximum Gasteiger partial charge on any atom is 0.218 e. The Hall–Kier alpha value is -3.79. The zero-order chi connectivity index (χ0) is 27.0. The van der Waals surface area contributed by atoms with Crippen LogP contribution in [0.1, 0.15) is 41.4 Å². The molecule has 0 fully saturated rings. The van der Waals surface area contributed by atoms with Gasteiger partial charge in [-0.05, 0) is 55.2 Å². The lowest BCUT2D eigenvalue weighted by atomic mass is 10.1. The van der Waals surface area contributed by atoms with Crippen LogP contribution in [-0.4, -0.2) is 35.0 Å². The molecule has 0 saturated carbocycles. The minimum absolute atomic E-state index is 0.101. The Bertz CT molecular complexity index is 1460. The summed E-state index contributed by atoms with van der Waals surface area (Å²) in [5.74, 6) is 0.495. The summed E-state index contributed by atoms with van der Waals surface area (Å²) in [6, 6.07) is 11.5. The molecular weight excluding hydrogens is 512 g/mol. The van der Waals surface area contributed by atoms with Crippen molar-refractivity contribution in [1.29, 1.82) is 0 Å². The van der Waals surface area contributed by atoms with Gasteiger partial charge in [0.05, 0.1) is 5.75 Å². The van der Waals surface area contributed by atoms with E-state index in [1.807, 2.05) is 35.0 Å². The molecule has 38 heavy (non-hydrogen) atoms. The number of unbranched alkanes of at least 4 members (excludes halogenated alkanes) is 1. The van der Waals surface area contributed by atoms with Gasteiger partial charge in [0.15, 0.2) is 0 Å². The molecule has 0 aliphatic rings. The summed E-state index contributed by atoms with van der Waals surface area (Å²) in [5.41, 5.74) is 1.59. The van der Waals surface area contributed by atoms with Crippen LogP contribution in [0, 0.1) is 11.6 Å². The fourth-order valence-electron chi connectivity index (χ4n) is 3.86. The number of aromatic nitrogens is 3. The normalized spacial score (nSPS) is 11.9. The van der Waals surface area contributed by atoms with Gasteiger partial charge >= 0.3 is 0 Å². The van der Waals surface area contributed by atoms with Gasteiger partial charge in [0, 0.05) is 43.3 Å². The SMILES string of the molecule is CS(=O)(=O)CCc1nccn1CCCCc1ccc(OCc2coc(/C=C/c3c(F)cccc3F)n2)cc1. The second kappa shape index (κ2) is 12.6. The molecule has 0 N–H and O–H groups in total. The van der Waals surface area contributed by atoms with Crippen LogP contribution in [0.25, 0.3) is 12.2 Å². The fraction of sp³-hybridized carbons (Fsp3) is 0.286. The number of nitrogens with zero attached hydrogens (tertiary/aromatic N) is 3. The molecule has 10 heteroatoms. The maximum absolute atomic E-state index is 13.7. The Kier molecular flexibility index (Phi) is 9.06. The van der Waals surface area contributed by atoms with E-state index in [2.05, 4.69) is 9.97 Å². The highest BCUT2D eigenvalue weighted by molar-refractivity contribution is 7.90. The molecule has 0 aliphatic carbocycles. The van der Waals surface area contributed by atoms with Crippen molar-refractivity contribution in [2.45, 2.75) is 38.8 Å². The second-order valence-electron chi connectivity index (χ2n) is 8.95. The Morgan fingerprint density at radius 2 is 1.79 bits per heavy atom. The number of sulfone groups is 1. The summed E-state index contributed by atoms with van der Waals surface area (Å²) in [4.78, 5) is 8.54. The van der Waals surface area contributed by atoms with Crippen LogP contribution < -0.4 is 4.74 Å². The van der Waals surface area contributed by atoms with Gasteiger partial charge in [-0.2, -0.15) is 0 Å². The first-order chi connectivity index (χ1) is 18.3. The lowest BCUT2D eigenvalue weighted by Crippen LogP contribution is -2.11. The van der Waals surface area contributed by atoms with Crippen molar-refractivity contribution in [3.63, 3.8) is 0 Å². The third-order valence-corrected chi connectivity index (χ3v) is 6.83. The number of ether oxygens (including phenoxy) is 1. The molecule has 0 bridgehead atoms. The first-order valence-corrected chi connectivity index (χ1v) is 14.3. The molecule has 200 valence electrons. The molecule has 7 nitrogen and oxygen atoms in total. The number of oxazole rings is 1. The summed E-state index contributed by atoms with van der Waals surface area (Å²) in [5, 5.41) is 0. The molecule has 0 unspecified atom stereocenters. The Morgan fingerprint density at radius 1 is 1.03 bits per heavy atom. The molecule has 0 aliphatic heterocycles. The molecule has 0 atom stereocenters. The van der Waals surface area contributed by atoms with E-state index >= 15 is 0 Å². The van der Waals surface area contributed by atoms with Crippen molar-refractivity contribution >= 4 is 22.0 Å². The molecule has 4 rings (SSSR count). The first-order valence-electron chi connectivity index (χ1n) is 12.2. The molecule has 0 spiro atoms. The largest absolute Gasteiger partial charge is 0.487 e. The van der Waals surface area contributed by atoms with Crippen LogP contribution in [-0.2, 0) is 35.8 Å². The molecule has 2 heterocycles. The number of hydrogen-bond donors (Lipinski definition) is 0. The van der Waals surface area contributed by atoms with Gasteiger partial charge in [-0.25, -0.2) is 27.2 Å². The van der Waals surface area contributed by atoms with E-state index in [-0.39, 0.29) is 23.8 Å². The minimum Gasteiger partial charge on any atom is -0.487 e. The van der Waals surface area contributed by atoms with Crippen molar-refractivity contribution in [3.05, 3.63) is 101 Å². The van der Waals surface area contributed by atoms with E-state index in [4.69, 9.17) is 9.15 Å². The third-order valence-electron chi connectivity index (χ3n) is 5.88. The fourth-order valence-corrected chi connectivity index (χ4v) is 4.41. The number of aryl methyl sites for hydroxylation is 3. The predicted molar refractivity (Wildman–Crippen MR) is 141 cm³/mol. The second-order valence-corrected chi connectivity index (χ2v) is 11.2. The van der Waals surface area contributed by atoms with Gasteiger partial charge in [-0.3, -0.25) is 0 Å². The van der Waals surface area contributed by atoms with E-state index < -0.39 is 21.5 Å². The predicted octanol–water partition coefficient (Wildman–Crippen LogP) is 5.51. The van der Waals surface area contributed by atoms with Crippen LogP contribution in [0.15, 0.2) is 65.5 Å². The van der Waals surface area contributed by atoms with Crippen LogP contribution >= 0.6 is 0 Å². The monoisotopic (exact) mass is 541 g/mol. The lowest BCUT2D eigenvalue weighted by molar-refractivity contribution is 0.301. The zero-order valence-electron chi connectivity index (χ0n) is 21.0. The number of hydrogen-bond acceptors (Lipinski definition) is 6. The average Bonchev–Trinajstić information content (AvgIpc) is 3.53. The first kappa shape index (κ1) is 27.3. The lowest BCUT2D eigenvalue weighted by Gasteiger charge is -2.08. The number of rotatable bonds is 13. The zero-order valence-corrected chi connectivity index (χ0v) is 21.8. The Balaban J connectivity index is 1.20. The Morgan fingerprint density at radius 3 is 2.53 bits per heavy atom. The molecule has 2 aromatic carbocycles. The topological polar surface area (TPSA) is 87.2 Å². The molecule has 0 radical (unpaired) electrons. The molecule has 0 saturated heterocycles. The third kappa shape index (κ3) is 8.11. The number of halogens is 2. The van der Waals surface area contributed by atoms with Crippen LogP contribution in [0.3, 0.4) is 0 Å². The van der Waals surface area contributed by atoms with Gasteiger partial charge in [0.1, 0.15) is 51.6 Å². The summed E-state index contributed by atoms with van der Waals surface area (Å²) in [6.45, 7) is 0.988. The molecule has 4 aromatic rings. The van der Waals surface area contributed by atoms with E-state index in [0.717, 1.165) is 31.6 Å². The smallest absolute Gasteiger partial charge is 0.218 e. The van der Waals surface area contributed by atoms with Gasteiger partial charge in [0.2, 0.25) is 5.89 Å². The van der Waals surface area contributed by atoms with Crippen molar-refractivity contribution in [3.8, 4) is 5.75 Å². The maximum atomic E-state index is 13.7. The quantitative estimate of drug-likeness (QED) is 0.208. The van der Waals surface area contributed by atoms with Crippen LogP contribution in [0.5, 0.6) is 5.75 Å². The molecule has 0 amide bonds. The highest BCUT2D eigenvalue weighted by Gasteiger charge is 2.09. The summed E-state index contributed by atoms with van der Waals surface area (Å²) in [7, 11) is -3.01. The van der Waals surface area contributed by atoms with E-state index in [1.165, 1.54) is 48.4 Å². The van der Waals surface area contributed by atoms with E-state index in [9.17, 15) is 17.2 Å². The van der Waals surface area contributed by atoms with Crippen molar-refractivity contribution in [2.24, 2.45) is 0 Å². The minimum atomic E-state index is -3.01. The standard InChI is InChI=1S/C28H29F2N3O4S/c1-38(34,35)18-14-27-31-15-17-33(27)16-3-2-5-21-8-10-23(11-9-21)36-19-22-20-37-28(32-22)13-12-24-25(29)6-4-7-26(24)30/h4,6-13,15,17,20H,2-3,5,14,16,18-19H2,1H3/b13-12+. The molecule has 2 aromatic heterocycles. The van der Waals surface area contributed by atoms with Gasteiger partial charge in [-0.15, -0.1) is 0 Å². The van der Waals surface area contributed by atoms with Crippen LogP contribution in [0.2, 0.25) is 0 Å². The van der Waals surface area contributed by atoms with Gasteiger partial charge < -0.3 is 13.7 Å². The number of benzene rings is 2. The van der Waals surface area contributed by atoms with Crippen molar-refractivity contribution in [1.82, 2.24) is 14.5 Å². The van der Waals surface area contributed by atoms with Crippen molar-refractivity contribution in [2.75, 3.05) is 12.0 Å². The average molecular weight is 542 g/mol. The van der Waals surface area contributed by atoms with E-state index in [0.29, 0.717) is 17.9 Å². The highest BCUT2D eigenvalue weighted by atomic mass is 32.2.